The minimum Gasteiger partial charge on any atom is -0.342 e. The van der Waals surface area contributed by atoms with E-state index in [-0.39, 0.29) is 5.91 Å². The zero-order chi connectivity index (χ0) is 10.1. The molecular weight excluding hydrogens is 150 g/mol. The first-order chi connectivity index (χ1) is 5.63. The number of likely N-dealkylation sites (N-methyl/N-ethyl adjacent to an activating group) is 1. The van der Waals surface area contributed by atoms with Gasteiger partial charge in [-0.2, -0.15) is 0 Å². The van der Waals surface area contributed by atoms with Gasteiger partial charge >= 0.3 is 0 Å². The number of rotatable bonds is 2. The van der Waals surface area contributed by atoms with E-state index < -0.39 is 0 Å². The molecule has 1 amide bonds. The molecule has 0 aromatic carbocycles. The van der Waals surface area contributed by atoms with Gasteiger partial charge in [-0.1, -0.05) is 19.9 Å². The van der Waals surface area contributed by atoms with Crippen LogP contribution in [0.15, 0.2) is 11.6 Å². The topological polar surface area (TPSA) is 20.3 Å². The van der Waals surface area contributed by atoms with Gasteiger partial charge in [0.25, 0.3) is 0 Å². The molecule has 0 aliphatic carbocycles. The van der Waals surface area contributed by atoms with Crippen LogP contribution in [0.1, 0.15) is 34.6 Å². The first-order valence-corrected chi connectivity index (χ1v) is 4.51. The summed E-state index contributed by atoms with van der Waals surface area (Å²) >= 11 is 0. The highest BCUT2D eigenvalue weighted by atomic mass is 16.2. The van der Waals surface area contributed by atoms with E-state index >= 15 is 0 Å². The molecule has 0 aromatic rings. The van der Waals surface area contributed by atoms with Crippen molar-refractivity contribution < 1.29 is 4.79 Å². The van der Waals surface area contributed by atoms with Gasteiger partial charge in [0.2, 0.25) is 5.91 Å². The fraction of sp³-hybridized carbons (Fsp3) is 0.700. The molecule has 0 N–H and O–H groups in total. The van der Waals surface area contributed by atoms with E-state index in [0.717, 1.165) is 12.1 Å². The van der Waals surface area contributed by atoms with Crippen LogP contribution in [0, 0.1) is 0 Å². The van der Waals surface area contributed by atoms with Crippen molar-refractivity contribution in [3.63, 3.8) is 0 Å². The molecule has 0 heterocycles. The molecule has 0 aromatic heterocycles. The molecule has 2 heteroatoms. The fourth-order valence-electron chi connectivity index (χ4n) is 0.568. The summed E-state index contributed by atoms with van der Waals surface area (Å²) in [5, 5.41) is 0. The highest BCUT2D eigenvalue weighted by Gasteiger charge is 2.06. The van der Waals surface area contributed by atoms with Gasteiger partial charge in [-0.15, -0.1) is 0 Å². The third-order valence-corrected chi connectivity index (χ3v) is 1.59. The van der Waals surface area contributed by atoms with Crippen LogP contribution >= 0.6 is 0 Å². The summed E-state index contributed by atoms with van der Waals surface area (Å²) in [6.45, 7) is 10.4. The van der Waals surface area contributed by atoms with Crippen LogP contribution in [0.2, 0.25) is 0 Å². The van der Waals surface area contributed by atoms with E-state index in [1.165, 1.54) is 0 Å². The van der Waals surface area contributed by atoms with Gasteiger partial charge in [-0.25, -0.2) is 0 Å². The highest BCUT2D eigenvalue weighted by Crippen LogP contribution is 1.97. The van der Waals surface area contributed by atoms with E-state index in [1.54, 1.807) is 11.9 Å². The Morgan fingerprint density at radius 1 is 1.42 bits per heavy atom. The molecule has 0 aliphatic rings. The Bertz CT molecular complexity index is 150. The van der Waals surface area contributed by atoms with E-state index in [2.05, 4.69) is 0 Å². The van der Waals surface area contributed by atoms with Crippen molar-refractivity contribution >= 4 is 5.91 Å². The summed E-state index contributed by atoms with van der Waals surface area (Å²) < 4.78 is 0. The van der Waals surface area contributed by atoms with Crippen LogP contribution in [0.25, 0.3) is 0 Å². The third-order valence-electron chi connectivity index (χ3n) is 1.59. The van der Waals surface area contributed by atoms with Gasteiger partial charge in [-0.3, -0.25) is 4.79 Å². The average Bonchev–Trinajstić information content (AvgIpc) is 2.17. The third kappa shape index (κ3) is 4.94. The van der Waals surface area contributed by atoms with Gasteiger partial charge < -0.3 is 4.90 Å². The quantitative estimate of drug-likeness (QED) is 0.584. The molecule has 0 rings (SSSR count). The SMILES string of the molecule is C/C=C(\C)C(=O)N(C)CC.CC. The second kappa shape index (κ2) is 8.31. The van der Waals surface area contributed by atoms with E-state index in [9.17, 15) is 4.79 Å². The van der Waals surface area contributed by atoms with E-state index in [0.29, 0.717) is 0 Å². The number of amides is 1. The first kappa shape index (κ1) is 13.8. The number of nitrogens with zero attached hydrogens (tertiary/aromatic N) is 1. The van der Waals surface area contributed by atoms with Crippen molar-refractivity contribution in [1.29, 1.82) is 0 Å². The molecule has 0 bridgehead atoms. The van der Waals surface area contributed by atoms with Crippen molar-refractivity contribution in [1.82, 2.24) is 4.90 Å². The lowest BCUT2D eigenvalue weighted by Gasteiger charge is -2.13. The molecule has 12 heavy (non-hydrogen) atoms. The van der Waals surface area contributed by atoms with Crippen LogP contribution in [0.5, 0.6) is 0 Å². The second-order valence-corrected chi connectivity index (χ2v) is 2.29. The number of allylic oxidation sites excluding steroid dienone is 1. The lowest BCUT2D eigenvalue weighted by molar-refractivity contribution is -0.125. The summed E-state index contributed by atoms with van der Waals surface area (Å²) in [7, 11) is 1.80. The monoisotopic (exact) mass is 171 g/mol. The van der Waals surface area contributed by atoms with Crippen LogP contribution in [0.3, 0.4) is 0 Å². The first-order valence-electron chi connectivity index (χ1n) is 4.51. The Labute approximate surface area is 76.3 Å². The van der Waals surface area contributed by atoms with Gasteiger partial charge in [-0.05, 0) is 20.8 Å². The zero-order valence-electron chi connectivity index (χ0n) is 9.14. The Balaban J connectivity index is 0. The number of hydrogen-bond acceptors (Lipinski definition) is 1. The molecule has 0 spiro atoms. The van der Waals surface area contributed by atoms with Crippen molar-refractivity contribution in [2.45, 2.75) is 34.6 Å². The normalized spacial score (nSPS) is 10.0. The second-order valence-electron chi connectivity index (χ2n) is 2.29. The molecular formula is C10H21NO. The standard InChI is InChI=1S/C8H15NO.C2H6/c1-5-7(3)8(10)9(4)6-2;1-2/h5H,6H2,1-4H3;1-2H3/b7-5+;. The van der Waals surface area contributed by atoms with Crippen LogP contribution in [-0.2, 0) is 4.79 Å². The van der Waals surface area contributed by atoms with Crippen LogP contribution in [-0.4, -0.2) is 24.4 Å². The lowest BCUT2D eigenvalue weighted by atomic mass is 10.2. The molecule has 0 unspecified atom stereocenters. The summed E-state index contributed by atoms with van der Waals surface area (Å²) in [6, 6.07) is 0. The molecule has 2 nitrogen and oxygen atoms in total. The van der Waals surface area contributed by atoms with Gasteiger partial charge in [0, 0.05) is 19.2 Å². The maximum absolute atomic E-state index is 11.2. The van der Waals surface area contributed by atoms with Crippen molar-refractivity contribution in [3.05, 3.63) is 11.6 Å². The zero-order valence-corrected chi connectivity index (χ0v) is 9.14. The summed E-state index contributed by atoms with van der Waals surface area (Å²) in [4.78, 5) is 12.9. The minimum atomic E-state index is 0.116. The summed E-state index contributed by atoms with van der Waals surface area (Å²) in [5.74, 6) is 0.116. The predicted molar refractivity (Wildman–Crippen MR) is 54.1 cm³/mol. The number of carbonyl (C=O) groups is 1. The highest BCUT2D eigenvalue weighted by molar-refractivity contribution is 5.92. The smallest absolute Gasteiger partial charge is 0.248 e. The molecule has 0 saturated heterocycles. The Kier molecular flexibility index (Phi) is 9.54. The lowest BCUT2D eigenvalue weighted by Crippen LogP contribution is -2.26. The minimum absolute atomic E-state index is 0.116. The Morgan fingerprint density at radius 3 is 2.08 bits per heavy atom. The van der Waals surface area contributed by atoms with Crippen molar-refractivity contribution in [3.8, 4) is 0 Å². The van der Waals surface area contributed by atoms with Crippen molar-refractivity contribution in [2.75, 3.05) is 13.6 Å². The molecule has 0 atom stereocenters. The molecule has 0 saturated carbocycles. The number of carbonyl (C=O) groups excluding carboxylic acids is 1. The van der Waals surface area contributed by atoms with Crippen LogP contribution in [0.4, 0.5) is 0 Å². The maximum atomic E-state index is 11.2. The Hall–Kier alpha value is -0.790. The fourth-order valence-corrected chi connectivity index (χ4v) is 0.568. The number of hydrogen-bond donors (Lipinski definition) is 0. The van der Waals surface area contributed by atoms with Gasteiger partial charge in [0.05, 0.1) is 0 Å². The molecule has 72 valence electrons. The Morgan fingerprint density at radius 2 is 1.83 bits per heavy atom. The average molecular weight is 171 g/mol. The summed E-state index contributed by atoms with van der Waals surface area (Å²) in [6.07, 6.45) is 1.83. The molecule has 0 radical (unpaired) electrons. The van der Waals surface area contributed by atoms with E-state index in [1.807, 2.05) is 40.7 Å². The maximum Gasteiger partial charge on any atom is 0.248 e. The summed E-state index contributed by atoms with van der Waals surface area (Å²) in [5.41, 5.74) is 0.810. The van der Waals surface area contributed by atoms with Gasteiger partial charge in [0.15, 0.2) is 0 Å². The molecule has 0 aliphatic heterocycles. The van der Waals surface area contributed by atoms with E-state index in [4.69, 9.17) is 0 Å². The van der Waals surface area contributed by atoms with Crippen LogP contribution < -0.4 is 0 Å². The predicted octanol–water partition coefficient (Wildman–Crippen LogP) is 2.46. The largest absolute Gasteiger partial charge is 0.342 e. The molecule has 0 fully saturated rings. The van der Waals surface area contributed by atoms with Gasteiger partial charge in [0.1, 0.15) is 0 Å². The van der Waals surface area contributed by atoms with Crippen molar-refractivity contribution in [2.24, 2.45) is 0 Å².